The van der Waals surface area contributed by atoms with Gasteiger partial charge in [-0.3, -0.25) is 9.10 Å². The lowest BCUT2D eigenvalue weighted by Gasteiger charge is -2.16. The van der Waals surface area contributed by atoms with Gasteiger partial charge in [-0.1, -0.05) is 0 Å². The highest BCUT2D eigenvalue weighted by molar-refractivity contribution is 7.92. The van der Waals surface area contributed by atoms with Crippen LogP contribution < -0.4 is 4.31 Å². The summed E-state index contributed by atoms with van der Waals surface area (Å²) >= 11 is 1.50. The minimum Gasteiger partial charge on any atom is -0.454 e. The second kappa shape index (κ2) is 6.85. The molecule has 138 valence electrons. The highest BCUT2D eigenvalue weighted by Crippen LogP contribution is 2.30. The van der Waals surface area contributed by atoms with Crippen molar-refractivity contribution in [1.82, 2.24) is 0 Å². The standard InChI is InChI=1S/C18H19NO5S2/c1-11-8-15(12(2)25-11)18(21)24-10-17(20)14-4-5-16-13(9-14)6-7-19(16)26(3,22)23/h4-5,8-9H,6-7,10H2,1-3H3. The lowest BCUT2D eigenvalue weighted by Crippen LogP contribution is -2.27. The van der Waals surface area contributed by atoms with Gasteiger partial charge in [-0.2, -0.15) is 0 Å². The fourth-order valence-electron chi connectivity index (χ4n) is 3.02. The lowest BCUT2D eigenvalue weighted by atomic mass is 10.1. The number of sulfonamides is 1. The second-order valence-electron chi connectivity index (χ2n) is 6.25. The van der Waals surface area contributed by atoms with E-state index >= 15 is 0 Å². The highest BCUT2D eigenvalue weighted by Gasteiger charge is 2.27. The fourth-order valence-corrected chi connectivity index (χ4v) is 4.89. The van der Waals surface area contributed by atoms with Crippen molar-refractivity contribution in [2.45, 2.75) is 20.3 Å². The van der Waals surface area contributed by atoms with Gasteiger partial charge in [0.15, 0.2) is 12.4 Å². The largest absolute Gasteiger partial charge is 0.454 e. The zero-order valence-electron chi connectivity index (χ0n) is 14.7. The summed E-state index contributed by atoms with van der Waals surface area (Å²) in [6.07, 6.45) is 1.71. The number of carbonyl (C=O) groups is 2. The van der Waals surface area contributed by atoms with Crippen LogP contribution in [-0.4, -0.2) is 39.6 Å². The molecule has 6 nitrogen and oxygen atoms in total. The zero-order valence-corrected chi connectivity index (χ0v) is 16.4. The topological polar surface area (TPSA) is 80.8 Å². The number of aryl methyl sites for hydroxylation is 2. The average Bonchev–Trinajstić information content (AvgIpc) is 3.14. The second-order valence-corrected chi connectivity index (χ2v) is 9.62. The van der Waals surface area contributed by atoms with Gasteiger partial charge in [0.25, 0.3) is 0 Å². The van der Waals surface area contributed by atoms with E-state index in [0.717, 1.165) is 21.6 Å². The van der Waals surface area contributed by atoms with Crippen LogP contribution >= 0.6 is 11.3 Å². The van der Waals surface area contributed by atoms with Gasteiger partial charge in [-0.15, -0.1) is 11.3 Å². The van der Waals surface area contributed by atoms with E-state index in [-0.39, 0.29) is 12.4 Å². The summed E-state index contributed by atoms with van der Waals surface area (Å²) in [6, 6.07) is 6.63. The van der Waals surface area contributed by atoms with E-state index in [1.807, 2.05) is 13.8 Å². The van der Waals surface area contributed by atoms with Crippen LogP contribution in [0.25, 0.3) is 0 Å². The maximum atomic E-state index is 12.3. The molecule has 0 N–H and O–H groups in total. The van der Waals surface area contributed by atoms with Crippen molar-refractivity contribution >= 4 is 38.8 Å². The summed E-state index contributed by atoms with van der Waals surface area (Å²) in [4.78, 5) is 26.3. The third-order valence-electron chi connectivity index (χ3n) is 4.25. The molecule has 0 saturated heterocycles. The SMILES string of the molecule is Cc1cc(C(=O)OCC(=O)c2ccc3c(c2)CCN3S(C)(=O)=O)c(C)s1. The number of rotatable bonds is 5. The quantitative estimate of drug-likeness (QED) is 0.576. The number of thiophene rings is 1. The molecule has 0 bridgehead atoms. The zero-order chi connectivity index (χ0) is 19.1. The molecule has 1 aliphatic heterocycles. The van der Waals surface area contributed by atoms with Crippen molar-refractivity contribution in [2.75, 3.05) is 23.7 Å². The van der Waals surface area contributed by atoms with Gasteiger partial charge >= 0.3 is 5.97 Å². The van der Waals surface area contributed by atoms with Gasteiger partial charge in [0, 0.05) is 21.9 Å². The molecular weight excluding hydrogens is 374 g/mol. The minimum atomic E-state index is -3.32. The third kappa shape index (κ3) is 3.66. The van der Waals surface area contributed by atoms with Crippen molar-refractivity contribution in [3.63, 3.8) is 0 Å². The minimum absolute atomic E-state index is 0.316. The van der Waals surface area contributed by atoms with Crippen LogP contribution in [0, 0.1) is 13.8 Å². The summed E-state index contributed by atoms with van der Waals surface area (Å²) < 4.78 is 30.0. The number of fused-ring (bicyclic) bond motifs is 1. The molecule has 0 atom stereocenters. The van der Waals surface area contributed by atoms with E-state index in [0.29, 0.717) is 29.8 Å². The first kappa shape index (κ1) is 18.6. The summed E-state index contributed by atoms with van der Waals surface area (Å²) in [7, 11) is -3.32. The van der Waals surface area contributed by atoms with E-state index in [1.54, 1.807) is 24.3 Å². The van der Waals surface area contributed by atoms with Crippen LogP contribution in [-0.2, 0) is 21.2 Å². The summed E-state index contributed by atoms with van der Waals surface area (Å²) in [5, 5.41) is 0. The van der Waals surface area contributed by atoms with Gasteiger partial charge in [0.2, 0.25) is 10.0 Å². The predicted molar refractivity (Wildman–Crippen MR) is 101 cm³/mol. The van der Waals surface area contributed by atoms with E-state index < -0.39 is 16.0 Å². The van der Waals surface area contributed by atoms with Crippen molar-refractivity contribution in [1.29, 1.82) is 0 Å². The maximum absolute atomic E-state index is 12.3. The number of esters is 1. The molecule has 0 saturated carbocycles. The fraction of sp³-hybridized carbons (Fsp3) is 0.333. The monoisotopic (exact) mass is 393 g/mol. The van der Waals surface area contributed by atoms with Crippen LogP contribution in [0.5, 0.6) is 0 Å². The van der Waals surface area contributed by atoms with E-state index in [9.17, 15) is 18.0 Å². The lowest BCUT2D eigenvalue weighted by molar-refractivity contribution is 0.0474. The van der Waals surface area contributed by atoms with Crippen molar-refractivity contribution < 1.29 is 22.7 Å². The van der Waals surface area contributed by atoms with Crippen LogP contribution in [0.1, 0.15) is 36.0 Å². The molecule has 0 unspecified atom stereocenters. The number of hydrogen-bond donors (Lipinski definition) is 0. The predicted octanol–water partition coefficient (Wildman–Crippen LogP) is 2.73. The molecule has 0 radical (unpaired) electrons. The van der Waals surface area contributed by atoms with Gasteiger partial charge < -0.3 is 4.74 Å². The molecule has 2 aromatic rings. The molecule has 1 aromatic heterocycles. The van der Waals surface area contributed by atoms with E-state index in [4.69, 9.17) is 4.74 Å². The number of anilines is 1. The molecule has 1 aliphatic rings. The first-order valence-corrected chi connectivity index (χ1v) is 10.7. The van der Waals surface area contributed by atoms with Crippen LogP contribution in [0.4, 0.5) is 5.69 Å². The Hall–Kier alpha value is -2.19. The van der Waals surface area contributed by atoms with Crippen LogP contribution in [0.15, 0.2) is 24.3 Å². The van der Waals surface area contributed by atoms with Crippen LogP contribution in [0.3, 0.4) is 0 Å². The molecule has 0 fully saturated rings. The number of hydrogen-bond acceptors (Lipinski definition) is 6. The summed E-state index contributed by atoms with van der Waals surface area (Å²) in [5.41, 5.74) is 2.30. The Balaban J connectivity index is 1.70. The van der Waals surface area contributed by atoms with Crippen molar-refractivity contribution in [3.05, 3.63) is 50.7 Å². The number of Topliss-reactive ketones (excluding diaryl/α,β-unsaturated/α-hetero) is 1. The number of ether oxygens (including phenoxy) is 1. The van der Waals surface area contributed by atoms with E-state index in [1.165, 1.54) is 15.6 Å². The van der Waals surface area contributed by atoms with Gasteiger partial charge in [-0.25, -0.2) is 13.2 Å². The Morgan fingerprint density at radius 2 is 1.96 bits per heavy atom. The average molecular weight is 393 g/mol. The van der Waals surface area contributed by atoms with Crippen molar-refractivity contribution in [3.8, 4) is 0 Å². The summed E-state index contributed by atoms with van der Waals surface area (Å²) in [6.45, 7) is 3.77. The molecule has 2 heterocycles. The molecule has 3 rings (SSSR count). The molecular formula is C18H19NO5S2. The Bertz CT molecular complexity index is 991. The number of nitrogens with zero attached hydrogens (tertiary/aromatic N) is 1. The van der Waals surface area contributed by atoms with Crippen LogP contribution in [0.2, 0.25) is 0 Å². The number of benzene rings is 1. The van der Waals surface area contributed by atoms with Crippen molar-refractivity contribution in [2.24, 2.45) is 0 Å². The summed E-state index contributed by atoms with van der Waals surface area (Å²) in [5.74, 6) is -0.826. The van der Waals surface area contributed by atoms with Gasteiger partial charge in [0.05, 0.1) is 17.5 Å². The molecule has 0 amide bonds. The first-order valence-electron chi connectivity index (χ1n) is 8.05. The van der Waals surface area contributed by atoms with Gasteiger partial charge in [-0.05, 0) is 50.1 Å². The Morgan fingerprint density at radius 3 is 2.58 bits per heavy atom. The number of ketones is 1. The van der Waals surface area contributed by atoms with E-state index in [2.05, 4.69) is 0 Å². The third-order valence-corrected chi connectivity index (χ3v) is 6.40. The Labute approximate surface area is 156 Å². The van der Waals surface area contributed by atoms with Gasteiger partial charge in [0.1, 0.15) is 0 Å². The smallest absolute Gasteiger partial charge is 0.339 e. The first-order chi connectivity index (χ1) is 12.2. The highest BCUT2D eigenvalue weighted by atomic mass is 32.2. The maximum Gasteiger partial charge on any atom is 0.339 e. The molecule has 0 aliphatic carbocycles. The number of carbonyl (C=O) groups excluding carboxylic acids is 2. The Kier molecular flexibility index (Phi) is 4.90. The Morgan fingerprint density at radius 1 is 1.23 bits per heavy atom. The molecule has 0 spiro atoms. The molecule has 1 aromatic carbocycles. The molecule has 8 heteroatoms. The molecule has 26 heavy (non-hydrogen) atoms. The normalized spacial score (nSPS) is 13.6.